The summed E-state index contributed by atoms with van der Waals surface area (Å²) in [5.74, 6) is -1.15. The molecule has 0 saturated carbocycles. The number of nitrogens with zero attached hydrogens (tertiary/aromatic N) is 1. The summed E-state index contributed by atoms with van der Waals surface area (Å²) >= 11 is 0. The topological polar surface area (TPSA) is 70.7 Å². The van der Waals surface area contributed by atoms with E-state index in [4.69, 9.17) is 4.74 Å². The van der Waals surface area contributed by atoms with Gasteiger partial charge in [-0.25, -0.2) is 0 Å². The Kier molecular flexibility index (Phi) is 7.20. The van der Waals surface area contributed by atoms with Gasteiger partial charge in [-0.3, -0.25) is 9.59 Å². The van der Waals surface area contributed by atoms with Crippen molar-refractivity contribution in [1.29, 1.82) is 0 Å². The monoisotopic (exact) mass is 387 g/mol. The van der Waals surface area contributed by atoms with Crippen LogP contribution in [0.1, 0.15) is 29.3 Å². The van der Waals surface area contributed by atoms with Crippen LogP contribution in [0.15, 0.2) is 24.3 Å². The molecule has 2 amide bonds. The molecular weight excluding hydrogens is 363 g/mol. The third-order valence-electron chi connectivity index (χ3n) is 4.19. The molecule has 1 aliphatic heterocycles. The third-order valence-corrected chi connectivity index (χ3v) is 4.19. The van der Waals surface area contributed by atoms with Gasteiger partial charge < -0.3 is 20.3 Å². The maximum Gasteiger partial charge on any atom is 0.416 e. The van der Waals surface area contributed by atoms with Crippen LogP contribution >= 0.6 is 0 Å². The van der Waals surface area contributed by atoms with E-state index < -0.39 is 23.6 Å². The molecule has 2 atom stereocenters. The highest BCUT2D eigenvalue weighted by molar-refractivity contribution is 5.96. The summed E-state index contributed by atoms with van der Waals surface area (Å²) in [5, 5.41) is 5.16. The predicted molar refractivity (Wildman–Crippen MR) is 93.2 cm³/mol. The fourth-order valence-corrected chi connectivity index (χ4v) is 2.90. The number of nitrogens with one attached hydrogen (secondary N) is 2. The highest BCUT2D eigenvalue weighted by atomic mass is 19.4. The standard InChI is InChI=1S/C18H24F3N3O3/c1-3-7-27-15-11-24(2)10-14(15)23-16(25)9-22-17(26)12-5-4-6-13(8-12)18(19,20)21/h4-6,8,14-15H,3,7,9-11H2,1-2H3,(H,22,26)(H,23,25)/t14-,15-/m1/s1. The molecule has 0 spiro atoms. The molecule has 0 bridgehead atoms. The number of likely N-dealkylation sites (N-methyl/N-ethyl adjacent to an activating group) is 1. The van der Waals surface area contributed by atoms with Crippen molar-refractivity contribution in [2.45, 2.75) is 31.7 Å². The Labute approximate surface area is 156 Å². The van der Waals surface area contributed by atoms with Crippen LogP contribution < -0.4 is 10.6 Å². The lowest BCUT2D eigenvalue weighted by atomic mass is 10.1. The number of halogens is 3. The number of hydrogen-bond acceptors (Lipinski definition) is 4. The molecule has 1 aliphatic rings. The lowest BCUT2D eigenvalue weighted by molar-refractivity contribution is -0.137. The molecular formula is C18H24F3N3O3. The van der Waals surface area contributed by atoms with Gasteiger partial charge in [-0.2, -0.15) is 13.2 Å². The lowest BCUT2D eigenvalue weighted by Gasteiger charge is -2.20. The van der Waals surface area contributed by atoms with E-state index >= 15 is 0 Å². The van der Waals surface area contributed by atoms with E-state index in [1.54, 1.807) is 0 Å². The highest BCUT2D eigenvalue weighted by Crippen LogP contribution is 2.29. The van der Waals surface area contributed by atoms with E-state index in [9.17, 15) is 22.8 Å². The average Bonchev–Trinajstić information content (AvgIpc) is 2.96. The van der Waals surface area contributed by atoms with E-state index in [0.717, 1.165) is 24.6 Å². The summed E-state index contributed by atoms with van der Waals surface area (Å²) in [6, 6.07) is 3.87. The van der Waals surface area contributed by atoms with Gasteiger partial charge in [-0.05, 0) is 31.7 Å². The quantitative estimate of drug-likeness (QED) is 0.747. The van der Waals surface area contributed by atoms with Crippen molar-refractivity contribution >= 4 is 11.8 Å². The van der Waals surface area contributed by atoms with Gasteiger partial charge in [0.15, 0.2) is 0 Å². The first kappa shape index (κ1) is 21.2. The summed E-state index contributed by atoms with van der Waals surface area (Å²) < 4.78 is 43.9. The van der Waals surface area contributed by atoms with E-state index in [1.807, 2.05) is 18.9 Å². The van der Waals surface area contributed by atoms with Gasteiger partial charge in [0.2, 0.25) is 5.91 Å². The second kappa shape index (κ2) is 9.18. The second-order valence-electron chi connectivity index (χ2n) is 6.57. The Morgan fingerprint density at radius 3 is 2.70 bits per heavy atom. The maximum atomic E-state index is 12.7. The van der Waals surface area contributed by atoms with E-state index in [0.29, 0.717) is 19.7 Å². The predicted octanol–water partition coefficient (Wildman–Crippen LogP) is 1.66. The molecule has 0 aliphatic carbocycles. The van der Waals surface area contributed by atoms with Crippen molar-refractivity contribution < 1.29 is 27.5 Å². The van der Waals surface area contributed by atoms with Crippen molar-refractivity contribution in [3.05, 3.63) is 35.4 Å². The zero-order valence-electron chi connectivity index (χ0n) is 15.3. The summed E-state index contributed by atoms with van der Waals surface area (Å²) in [7, 11) is 1.92. The minimum atomic E-state index is -4.53. The van der Waals surface area contributed by atoms with Crippen LogP contribution in [0.3, 0.4) is 0 Å². The van der Waals surface area contributed by atoms with Crippen molar-refractivity contribution in [1.82, 2.24) is 15.5 Å². The first-order chi connectivity index (χ1) is 12.7. The Morgan fingerprint density at radius 2 is 2.04 bits per heavy atom. The largest absolute Gasteiger partial charge is 0.416 e. The molecule has 6 nitrogen and oxygen atoms in total. The fourth-order valence-electron chi connectivity index (χ4n) is 2.90. The van der Waals surface area contributed by atoms with Crippen molar-refractivity contribution in [3.63, 3.8) is 0 Å². The molecule has 0 aromatic heterocycles. The Morgan fingerprint density at radius 1 is 1.30 bits per heavy atom. The smallest absolute Gasteiger partial charge is 0.375 e. The Balaban J connectivity index is 1.87. The Hall–Kier alpha value is -2.13. The molecule has 1 fully saturated rings. The molecule has 1 aromatic carbocycles. The summed E-state index contributed by atoms with van der Waals surface area (Å²) in [6.07, 6.45) is -3.79. The van der Waals surface area contributed by atoms with Gasteiger partial charge in [0.1, 0.15) is 0 Å². The maximum absolute atomic E-state index is 12.7. The van der Waals surface area contributed by atoms with Gasteiger partial charge in [0, 0.05) is 25.3 Å². The normalized spacial score (nSPS) is 20.5. The van der Waals surface area contributed by atoms with Gasteiger partial charge in [-0.1, -0.05) is 13.0 Å². The van der Waals surface area contributed by atoms with E-state index in [1.165, 1.54) is 6.07 Å². The molecule has 2 rings (SSSR count). The van der Waals surface area contributed by atoms with Gasteiger partial charge in [0.05, 0.1) is 24.3 Å². The molecule has 150 valence electrons. The number of amides is 2. The Bertz CT molecular complexity index is 667. The molecule has 27 heavy (non-hydrogen) atoms. The van der Waals surface area contributed by atoms with Gasteiger partial charge >= 0.3 is 6.18 Å². The molecule has 1 saturated heterocycles. The zero-order valence-corrected chi connectivity index (χ0v) is 15.3. The van der Waals surface area contributed by atoms with E-state index in [2.05, 4.69) is 10.6 Å². The number of alkyl halides is 3. The molecule has 9 heteroatoms. The molecule has 1 aromatic rings. The average molecular weight is 387 g/mol. The fraction of sp³-hybridized carbons (Fsp3) is 0.556. The van der Waals surface area contributed by atoms with Crippen molar-refractivity contribution in [2.24, 2.45) is 0 Å². The minimum Gasteiger partial charge on any atom is -0.375 e. The molecule has 0 radical (unpaired) electrons. The molecule has 2 N–H and O–H groups in total. The van der Waals surface area contributed by atoms with Crippen molar-refractivity contribution in [3.8, 4) is 0 Å². The van der Waals surface area contributed by atoms with Crippen LogP contribution in [0.2, 0.25) is 0 Å². The van der Waals surface area contributed by atoms with Crippen LogP contribution in [0, 0.1) is 0 Å². The zero-order chi connectivity index (χ0) is 20.0. The van der Waals surface area contributed by atoms with E-state index in [-0.39, 0.29) is 24.3 Å². The lowest BCUT2D eigenvalue weighted by Crippen LogP contribution is -2.47. The van der Waals surface area contributed by atoms with Crippen molar-refractivity contribution in [2.75, 3.05) is 33.3 Å². The van der Waals surface area contributed by atoms with Crippen LogP contribution in [-0.2, 0) is 15.7 Å². The number of rotatable bonds is 7. The molecule has 0 unspecified atom stereocenters. The highest BCUT2D eigenvalue weighted by Gasteiger charge is 2.33. The van der Waals surface area contributed by atoms with Crippen LogP contribution in [0.4, 0.5) is 13.2 Å². The number of benzene rings is 1. The summed E-state index contributed by atoms with van der Waals surface area (Å²) in [4.78, 5) is 26.2. The number of ether oxygens (including phenoxy) is 1. The third kappa shape index (κ3) is 6.21. The first-order valence-electron chi connectivity index (χ1n) is 8.75. The first-order valence-corrected chi connectivity index (χ1v) is 8.75. The van der Waals surface area contributed by atoms with Gasteiger partial charge in [0.25, 0.3) is 5.91 Å². The van der Waals surface area contributed by atoms with Gasteiger partial charge in [-0.15, -0.1) is 0 Å². The number of carbonyl (C=O) groups is 2. The molecule has 1 heterocycles. The number of likely N-dealkylation sites (tertiary alicyclic amines) is 1. The summed E-state index contributed by atoms with van der Waals surface area (Å²) in [5.41, 5.74) is -1.06. The van der Waals surface area contributed by atoms with Crippen LogP contribution in [0.25, 0.3) is 0 Å². The summed E-state index contributed by atoms with van der Waals surface area (Å²) in [6.45, 7) is 3.59. The number of carbonyl (C=O) groups excluding carboxylic acids is 2. The SMILES string of the molecule is CCCO[C@@H]1CN(C)C[C@H]1NC(=O)CNC(=O)c1cccc(C(F)(F)F)c1. The van der Waals surface area contributed by atoms with Crippen LogP contribution in [0.5, 0.6) is 0 Å². The second-order valence-corrected chi connectivity index (χ2v) is 6.57. The minimum absolute atomic E-state index is 0.127. The van der Waals surface area contributed by atoms with Crippen LogP contribution in [-0.4, -0.2) is 62.1 Å². The number of hydrogen-bond donors (Lipinski definition) is 2.